The van der Waals surface area contributed by atoms with E-state index in [0.29, 0.717) is 11.7 Å². The molecule has 0 heterocycles. The molecule has 2 nitrogen and oxygen atoms in total. The molecule has 1 aliphatic rings. The second-order valence-electron chi connectivity index (χ2n) is 6.51. The lowest BCUT2D eigenvalue weighted by atomic mass is 9.78. The molecule has 0 amide bonds. The molecule has 0 unspecified atom stereocenters. The zero-order valence-electron chi connectivity index (χ0n) is 12.4. The van der Waals surface area contributed by atoms with Gasteiger partial charge in [0.2, 0.25) is 0 Å². The molecular formula is C18H22O2. The van der Waals surface area contributed by atoms with Crippen molar-refractivity contribution in [3.63, 3.8) is 0 Å². The number of benzene rings is 2. The molecule has 20 heavy (non-hydrogen) atoms. The van der Waals surface area contributed by atoms with Gasteiger partial charge in [-0.05, 0) is 71.7 Å². The van der Waals surface area contributed by atoms with E-state index in [-0.39, 0.29) is 0 Å². The standard InChI is InChI=1S/C18H22O2/c1-11(2)14-9-12-6-7-16-13(15(12)10-17(14)19)5-4-8-18(16,3)20/h6-7,9-11,19-20H,4-5,8H2,1-3H3/t18-/m0/s1. The molecular weight excluding hydrogens is 248 g/mol. The zero-order chi connectivity index (χ0) is 14.5. The Morgan fingerprint density at radius 1 is 1.20 bits per heavy atom. The molecule has 106 valence electrons. The Balaban J connectivity index is 2.29. The third kappa shape index (κ3) is 1.99. The molecule has 2 aromatic rings. The summed E-state index contributed by atoms with van der Waals surface area (Å²) in [5, 5.41) is 23.0. The van der Waals surface area contributed by atoms with Crippen molar-refractivity contribution in [2.24, 2.45) is 0 Å². The van der Waals surface area contributed by atoms with Gasteiger partial charge in [0.05, 0.1) is 5.60 Å². The molecule has 0 aromatic heterocycles. The van der Waals surface area contributed by atoms with Crippen LogP contribution in [0.4, 0.5) is 0 Å². The van der Waals surface area contributed by atoms with Crippen LogP contribution in [0.1, 0.15) is 56.2 Å². The Morgan fingerprint density at radius 3 is 2.65 bits per heavy atom. The Kier molecular flexibility index (Phi) is 3.02. The second-order valence-corrected chi connectivity index (χ2v) is 6.51. The molecule has 3 rings (SSSR count). The van der Waals surface area contributed by atoms with Crippen LogP contribution in [0.25, 0.3) is 10.8 Å². The van der Waals surface area contributed by atoms with Gasteiger partial charge in [-0.15, -0.1) is 0 Å². The fourth-order valence-corrected chi connectivity index (χ4v) is 3.42. The Morgan fingerprint density at radius 2 is 1.95 bits per heavy atom. The van der Waals surface area contributed by atoms with Crippen LogP contribution in [0.15, 0.2) is 24.3 Å². The first-order valence-corrected chi connectivity index (χ1v) is 7.41. The first kappa shape index (κ1) is 13.4. The number of phenols is 1. The molecule has 0 spiro atoms. The summed E-state index contributed by atoms with van der Waals surface area (Å²) in [4.78, 5) is 0. The number of fused-ring (bicyclic) bond motifs is 3. The van der Waals surface area contributed by atoms with Gasteiger partial charge >= 0.3 is 0 Å². The summed E-state index contributed by atoms with van der Waals surface area (Å²) in [5.41, 5.74) is 2.46. The summed E-state index contributed by atoms with van der Waals surface area (Å²) in [6, 6.07) is 8.08. The quantitative estimate of drug-likeness (QED) is 0.814. The third-order valence-corrected chi connectivity index (χ3v) is 4.57. The largest absolute Gasteiger partial charge is 0.508 e. The van der Waals surface area contributed by atoms with Gasteiger partial charge in [0, 0.05) is 0 Å². The SMILES string of the molecule is CC(C)c1cc2ccc3c(c2cc1O)CCC[C@]3(C)O. The topological polar surface area (TPSA) is 40.5 Å². The van der Waals surface area contributed by atoms with E-state index in [1.54, 1.807) is 0 Å². The molecule has 0 radical (unpaired) electrons. The number of hydrogen-bond acceptors (Lipinski definition) is 2. The monoisotopic (exact) mass is 270 g/mol. The molecule has 1 atom stereocenters. The van der Waals surface area contributed by atoms with Crippen molar-refractivity contribution in [3.8, 4) is 5.75 Å². The third-order valence-electron chi connectivity index (χ3n) is 4.57. The van der Waals surface area contributed by atoms with Crippen molar-refractivity contribution in [1.82, 2.24) is 0 Å². The second kappa shape index (κ2) is 4.49. The molecule has 0 saturated heterocycles. The fraction of sp³-hybridized carbons (Fsp3) is 0.444. The smallest absolute Gasteiger partial charge is 0.119 e. The van der Waals surface area contributed by atoms with Gasteiger partial charge in [-0.1, -0.05) is 26.0 Å². The van der Waals surface area contributed by atoms with Crippen LogP contribution in [-0.2, 0) is 12.0 Å². The summed E-state index contributed by atoms with van der Waals surface area (Å²) in [7, 11) is 0. The number of aromatic hydroxyl groups is 1. The maximum Gasteiger partial charge on any atom is 0.119 e. The number of phenolic OH excluding ortho intramolecular Hbond substituents is 1. The van der Waals surface area contributed by atoms with E-state index in [1.165, 1.54) is 5.56 Å². The van der Waals surface area contributed by atoms with Crippen LogP contribution < -0.4 is 0 Å². The molecule has 1 aliphatic carbocycles. The van der Waals surface area contributed by atoms with Gasteiger partial charge in [-0.25, -0.2) is 0 Å². The van der Waals surface area contributed by atoms with E-state index in [9.17, 15) is 10.2 Å². The predicted molar refractivity (Wildman–Crippen MR) is 82.2 cm³/mol. The summed E-state index contributed by atoms with van der Waals surface area (Å²) in [6.45, 7) is 6.06. The first-order valence-electron chi connectivity index (χ1n) is 7.41. The van der Waals surface area contributed by atoms with Crippen LogP contribution in [0.3, 0.4) is 0 Å². The summed E-state index contributed by atoms with van der Waals surface area (Å²) in [6.07, 6.45) is 2.77. The van der Waals surface area contributed by atoms with E-state index in [4.69, 9.17) is 0 Å². The Bertz CT molecular complexity index is 669. The average molecular weight is 270 g/mol. The molecule has 2 heteroatoms. The van der Waals surface area contributed by atoms with Crippen LogP contribution in [-0.4, -0.2) is 10.2 Å². The first-order chi connectivity index (χ1) is 9.40. The van der Waals surface area contributed by atoms with E-state index < -0.39 is 5.60 Å². The molecule has 0 aliphatic heterocycles. The maximum atomic E-state index is 10.5. The lowest BCUT2D eigenvalue weighted by Crippen LogP contribution is -2.26. The van der Waals surface area contributed by atoms with Crippen LogP contribution in [0, 0.1) is 0 Å². The number of rotatable bonds is 1. The lowest BCUT2D eigenvalue weighted by molar-refractivity contribution is 0.0390. The zero-order valence-corrected chi connectivity index (χ0v) is 12.4. The van der Waals surface area contributed by atoms with Crippen LogP contribution >= 0.6 is 0 Å². The molecule has 2 N–H and O–H groups in total. The normalized spacial score (nSPS) is 22.2. The predicted octanol–water partition coefficient (Wildman–Crippen LogP) is 4.21. The van der Waals surface area contributed by atoms with E-state index in [0.717, 1.165) is 41.2 Å². The van der Waals surface area contributed by atoms with Crippen molar-refractivity contribution in [3.05, 3.63) is 41.0 Å². The van der Waals surface area contributed by atoms with Gasteiger partial charge in [0.1, 0.15) is 5.75 Å². The highest BCUT2D eigenvalue weighted by Gasteiger charge is 2.30. The number of aryl methyl sites for hydroxylation is 1. The van der Waals surface area contributed by atoms with Gasteiger partial charge < -0.3 is 10.2 Å². The minimum absolute atomic E-state index is 0.304. The van der Waals surface area contributed by atoms with Crippen molar-refractivity contribution < 1.29 is 10.2 Å². The summed E-state index contributed by atoms with van der Waals surface area (Å²) < 4.78 is 0. The van der Waals surface area contributed by atoms with E-state index >= 15 is 0 Å². The molecule has 2 aromatic carbocycles. The highest BCUT2D eigenvalue weighted by atomic mass is 16.3. The number of aliphatic hydroxyl groups is 1. The van der Waals surface area contributed by atoms with Gasteiger partial charge in [-0.3, -0.25) is 0 Å². The van der Waals surface area contributed by atoms with Crippen LogP contribution in [0.2, 0.25) is 0 Å². The van der Waals surface area contributed by atoms with Crippen molar-refractivity contribution in [2.75, 3.05) is 0 Å². The minimum atomic E-state index is -0.742. The van der Waals surface area contributed by atoms with Crippen molar-refractivity contribution in [1.29, 1.82) is 0 Å². The fourth-order valence-electron chi connectivity index (χ4n) is 3.42. The Hall–Kier alpha value is -1.54. The van der Waals surface area contributed by atoms with Gasteiger partial charge in [-0.2, -0.15) is 0 Å². The summed E-state index contributed by atoms with van der Waals surface area (Å²) >= 11 is 0. The van der Waals surface area contributed by atoms with Gasteiger partial charge in [0.25, 0.3) is 0 Å². The van der Waals surface area contributed by atoms with E-state index in [1.807, 2.05) is 13.0 Å². The van der Waals surface area contributed by atoms with Crippen molar-refractivity contribution >= 4 is 10.8 Å². The van der Waals surface area contributed by atoms with E-state index in [2.05, 4.69) is 32.0 Å². The van der Waals surface area contributed by atoms with Crippen LogP contribution in [0.5, 0.6) is 5.75 Å². The highest BCUT2D eigenvalue weighted by Crippen LogP contribution is 2.40. The minimum Gasteiger partial charge on any atom is -0.508 e. The molecule has 0 bridgehead atoms. The number of hydrogen-bond donors (Lipinski definition) is 2. The maximum absolute atomic E-state index is 10.5. The molecule has 0 fully saturated rings. The highest BCUT2D eigenvalue weighted by molar-refractivity contribution is 5.89. The lowest BCUT2D eigenvalue weighted by Gasteiger charge is -2.32. The van der Waals surface area contributed by atoms with Gasteiger partial charge in [0.15, 0.2) is 0 Å². The Labute approximate surface area is 120 Å². The molecule has 0 saturated carbocycles. The van der Waals surface area contributed by atoms with Crippen molar-refractivity contribution in [2.45, 2.75) is 51.6 Å². The average Bonchev–Trinajstić information content (AvgIpc) is 2.37. The summed E-state index contributed by atoms with van der Waals surface area (Å²) in [5.74, 6) is 0.671.